The lowest BCUT2D eigenvalue weighted by molar-refractivity contribution is -0.0326. The minimum absolute atomic E-state index is 0.292. The van der Waals surface area contributed by atoms with Gasteiger partial charge in [-0.3, -0.25) is 0 Å². The first kappa shape index (κ1) is 14.2. The number of aliphatic hydroxyl groups is 1. The molecule has 0 radical (unpaired) electrons. The van der Waals surface area contributed by atoms with Crippen molar-refractivity contribution in [3.8, 4) is 11.8 Å². The Kier molecular flexibility index (Phi) is 4.32. The molecule has 1 aliphatic rings. The molecular formula is C18H24O. The van der Waals surface area contributed by atoms with Gasteiger partial charge in [0.1, 0.15) is 5.60 Å². The highest BCUT2D eigenvalue weighted by Crippen LogP contribution is 2.40. The minimum atomic E-state index is -0.818. The Morgan fingerprint density at radius 2 is 1.89 bits per heavy atom. The third kappa shape index (κ3) is 3.39. The van der Waals surface area contributed by atoms with Crippen molar-refractivity contribution in [3.05, 3.63) is 35.9 Å². The molecule has 1 aliphatic carbocycles. The molecule has 1 aromatic carbocycles. The molecule has 0 aromatic heterocycles. The van der Waals surface area contributed by atoms with Gasteiger partial charge in [-0.1, -0.05) is 57.2 Å². The minimum Gasteiger partial charge on any atom is -0.377 e. The standard InChI is InChI=1S/C18H24O/c1-14(2)17-10-9-15(3)13-18(17,19)12-11-16-7-5-4-6-8-16/h4-8,14-15,17,19H,9-10,13H2,1-3H3/t15-,17+,18+/m1/s1. The molecule has 0 amide bonds. The quantitative estimate of drug-likeness (QED) is 0.756. The summed E-state index contributed by atoms with van der Waals surface area (Å²) in [6, 6.07) is 9.94. The van der Waals surface area contributed by atoms with E-state index in [0.717, 1.165) is 18.4 Å². The summed E-state index contributed by atoms with van der Waals surface area (Å²) in [5, 5.41) is 11.0. The Morgan fingerprint density at radius 1 is 1.21 bits per heavy atom. The highest BCUT2D eigenvalue weighted by atomic mass is 16.3. The van der Waals surface area contributed by atoms with E-state index in [2.05, 4.69) is 32.6 Å². The van der Waals surface area contributed by atoms with E-state index in [1.807, 2.05) is 30.3 Å². The van der Waals surface area contributed by atoms with E-state index in [1.54, 1.807) is 0 Å². The van der Waals surface area contributed by atoms with Crippen molar-refractivity contribution in [1.29, 1.82) is 0 Å². The lowest BCUT2D eigenvalue weighted by Gasteiger charge is -2.41. The van der Waals surface area contributed by atoms with Gasteiger partial charge in [0.05, 0.1) is 0 Å². The highest BCUT2D eigenvalue weighted by molar-refractivity contribution is 5.36. The largest absolute Gasteiger partial charge is 0.377 e. The molecule has 2 rings (SSSR count). The molecule has 0 aliphatic heterocycles. The van der Waals surface area contributed by atoms with Crippen molar-refractivity contribution >= 4 is 0 Å². The molecule has 0 heterocycles. The van der Waals surface area contributed by atoms with E-state index >= 15 is 0 Å². The zero-order chi connectivity index (χ0) is 13.9. The predicted octanol–water partition coefficient (Wildman–Crippen LogP) is 3.86. The van der Waals surface area contributed by atoms with Gasteiger partial charge in [-0.25, -0.2) is 0 Å². The number of rotatable bonds is 1. The Labute approximate surface area is 117 Å². The molecule has 0 saturated heterocycles. The van der Waals surface area contributed by atoms with Gasteiger partial charge in [-0.2, -0.15) is 0 Å². The van der Waals surface area contributed by atoms with Gasteiger partial charge in [0.2, 0.25) is 0 Å². The smallest absolute Gasteiger partial charge is 0.129 e. The molecular weight excluding hydrogens is 232 g/mol. The molecule has 1 N–H and O–H groups in total. The summed E-state index contributed by atoms with van der Waals surface area (Å²) in [7, 11) is 0. The Bertz CT molecular complexity index is 465. The second-order valence-corrected chi connectivity index (χ2v) is 6.28. The first-order valence-electron chi connectivity index (χ1n) is 7.32. The molecule has 1 fully saturated rings. The van der Waals surface area contributed by atoms with Crippen LogP contribution in [0.5, 0.6) is 0 Å². The van der Waals surface area contributed by atoms with E-state index in [9.17, 15) is 5.11 Å². The maximum absolute atomic E-state index is 11.0. The molecule has 1 heteroatoms. The van der Waals surface area contributed by atoms with Gasteiger partial charge in [0.15, 0.2) is 0 Å². The monoisotopic (exact) mass is 256 g/mol. The van der Waals surface area contributed by atoms with Crippen LogP contribution in [0.1, 0.15) is 45.6 Å². The Morgan fingerprint density at radius 3 is 2.53 bits per heavy atom. The van der Waals surface area contributed by atoms with Gasteiger partial charge in [0, 0.05) is 11.5 Å². The topological polar surface area (TPSA) is 20.2 Å². The molecule has 0 spiro atoms. The zero-order valence-corrected chi connectivity index (χ0v) is 12.2. The van der Waals surface area contributed by atoms with Crippen molar-refractivity contribution in [2.75, 3.05) is 0 Å². The van der Waals surface area contributed by atoms with Crippen LogP contribution < -0.4 is 0 Å². The van der Waals surface area contributed by atoms with Crippen molar-refractivity contribution in [2.24, 2.45) is 17.8 Å². The summed E-state index contributed by atoms with van der Waals surface area (Å²) in [6.45, 7) is 6.59. The van der Waals surface area contributed by atoms with E-state index in [-0.39, 0.29) is 0 Å². The second kappa shape index (κ2) is 5.80. The average molecular weight is 256 g/mol. The third-order valence-corrected chi connectivity index (χ3v) is 4.25. The van der Waals surface area contributed by atoms with E-state index in [0.29, 0.717) is 17.8 Å². The summed E-state index contributed by atoms with van der Waals surface area (Å²) < 4.78 is 0. The first-order valence-corrected chi connectivity index (χ1v) is 7.32. The molecule has 3 atom stereocenters. The van der Waals surface area contributed by atoms with Crippen LogP contribution in [-0.4, -0.2) is 10.7 Å². The van der Waals surface area contributed by atoms with E-state index in [1.165, 1.54) is 6.42 Å². The number of hydrogen-bond donors (Lipinski definition) is 1. The lowest BCUT2D eigenvalue weighted by Crippen LogP contribution is -2.44. The lowest BCUT2D eigenvalue weighted by atomic mass is 9.67. The maximum Gasteiger partial charge on any atom is 0.129 e. The van der Waals surface area contributed by atoms with Crippen LogP contribution in [0.25, 0.3) is 0 Å². The van der Waals surface area contributed by atoms with Crippen LogP contribution in [-0.2, 0) is 0 Å². The summed E-state index contributed by atoms with van der Waals surface area (Å²) in [4.78, 5) is 0. The van der Waals surface area contributed by atoms with Crippen LogP contribution in [0.2, 0.25) is 0 Å². The fourth-order valence-corrected chi connectivity index (χ4v) is 3.22. The summed E-state index contributed by atoms with van der Waals surface area (Å²) in [5.74, 6) is 7.67. The van der Waals surface area contributed by atoms with E-state index < -0.39 is 5.60 Å². The normalized spacial score (nSPS) is 30.8. The molecule has 1 saturated carbocycles. The molecule has 19 heavy (non-hydrogen) atoms. The summed E-state index contributed by atoms with van der Waals surface area (Å²) in [5.41, 5.74) is 0.165. The van der Waals surface area contributed by atoms with Gasteiger partial charge < -0.3 is 5.11 Å². The first-order chi connectivity index (χ1) is 9.01. The zero-order valence-electron chi connectivity index (χ0n) is 12.2. The Hall–Kier alpha value is -1.26. The van der Waals surface area contributed by atoms with Crippen LogP contribution in [0.15, 0.2) is 30.3 Å². The number of hydrogen-bond acceptors (Lipinski definition) is 1. The van der Waals surface area contributed by atoms with Crippen LogP contribution in [0, 0.1) is 29.6 Å². The molecule has 1 nitrogen and oxygen atoms in total. The van der Waals surface area contributed by atoms with Crippen molar-refractivity contribution in [3.63, 3.8) is 0 Å². The Balaban J connectivity index is 2.25. The summed E-state index contributed by atoms with van der Waals surface area (Å²) in [6.07, 6.45) is 3.09. The fourth-order valence-electron chi connectivity index (χ4n) is 3.22. The van der Waals surface area contributed by atoms with Gasteiger partial charge in [-0.05, 0) is 36.8 Å². The molecule has 1 aromatic rings. The van der Waals surface area contributed by atoms with Crippen LogP contribution in [0.3, 0.4) is 0 Å². The van der Waals surface area contributed by atoms with Gasteiger partial charge >= 0.3 is 0 Å². The van der Waals surface area contributed by atoms with Crippen LogP contribution >= 0.6 is 0 Å². The van der Waals surface area contributed by atoms with E-state index in [4.69, 9.17) is 0 Å². The fraction of sp³-hybridized carbons (Fsp3) is 0.556. The van der Waals surface area contributed by atoms with Crippen molar-refractivity contribution < 1.29 is 5.11 Å². The number of benzene rings is 1. The maximum atomic E-state index is 11.0. The molecule has 0 unspecified atom stereocenters. The molecule has 0 bridgehead atoms. The van der Waals surface area contributed by atoms with Gasteiger partial charge in [-0.15, -0.1) is 0 Å². The molecule has 102 valence electrons. The third-order valence-electron chi connectivity index (χ3n) is 4.25. The average Bonchev–Trinajstić information content (AvgIpc) is 2.37. The van der Waals surface area contributed by atoms with Crippen molar-refractivity contribution in [2.45, 2.75) is 45.6 Å². The second-order valence-electron chi connectivity index (χ2n) is 6.28. The summed E-state index contributed by atoms with van der Waals surface area (Å²) >= 11 is 0. The van der Waals surface area contributed by atoms with Crippen LogP contribution in [0.4, 0.5) is 0 Å². The highest BCUT2D eigenvalue weighted by Gasteiger charge is 2.41. The predicted molar refractivity (Wildman–Crippen MR) is 79.6 cm³/mol. The SMILES string of the molecule is CC(C)[C@@H]1CC[C@@H](C)C[C@@]1(O)C#Cc1ccccc1. The van der Waals surface area contributed by atoms with Crippen molar-refractivity contribution in [1.82, 2.24) is 0 Å². The van der Waals surface area contributed by atoms with Gasteiger partial charge in [0.25, 0.3) is 0 Å².